The summed E-state index contributed by atoms with van der Waals surface area (Å²) in [5.41, 5.74) is 0.0768. The van der Waals surface area contributed by atoms with Gasteiger partial charge in [-0.2, -0.15) is 0 Å². The van der Waals surface area contributed by atoms with E-state index in [4.69, 9.17) is 33.0 Å². The van der Waals surface area contributed by atoms with E-state index in [2.05, 4.69) is 0 Å². The maximum Gasteiger partial charge on any atom is 0.341 e. The molecule has 0 saturated heterocycles. The Labute approximate surface area is 91.2 Å². The Balaban J connectivity index is 3.14. The van der Waals surface area contributed by atoms with Crippen LogP contribution >= 0.6 is 23.2 Å². The fraction of sp³-hybridized carbons (Fsp3) is 0.222. The second kappa shape index (κ2) is 4.53. The summed E-state index contributed by atoms with van der Waals surface area (Å²) in [5, 5.41) is 9.26. The van der Waals surface area contributed by atoms with Crippen LogP contribution in [0.5, 0.6) is 5.75 Å². The summed E-state index contributed by atoms with van der Waals surface area (Å²) in [4.78, 5) is 11.3. The van der Waals surface area contributed by atoms with Crippen LogP contribution in [0.2, 0.25) is 10.0 Å². The second-order valence-corrected chi connectivity index (χ2v) is 3.32. The summed E-state index contributed by atoms with van der Waals surface area (Å²) in [7, 11) is 0. The molecular weight excluding hydrogens is 227 g/mol. The zero-order chi connectivity index (χ0) is 10.7. The fourth-order valence-corrected chi connectivity index (χ4v) is 1.59. The molecule has 0 atom stereocenters. The first-order chi connectivity index (χ1) is 6.56. The van der Waals surface area contributed by atoms with Gasteiger partial charge in [0.1, 0.15) is 5.75 Å². The molecule has 3 nitrogen and oxygen atoms in total. The highest BCUT2D eigenvalue weighted by molar-refractivity contribution is 6.39. The quantitative estimate of drug-likeness (QED) is 0.801. The predicted molar refractivity (Wildman–Crippen MR) is 54.1 cm³/mol. The van der Waals surface area contributed by atoms with Gasteiger partial charge in [0.2, 0.25) is 0 Å². The molecule has 0 amide bonds. The van der Waals surface area contributed by atoms with Crippen LogP contribution in [0.3, 0.4) is 0 Å². The highest BCUT2D eigenvalue weighted by Gasteiger charge is 2.16. The largest absolute Gasteiger partial charge is 0.508 e. The molecule has 0 aliphatic rings. The zero-order valence-electron chi connectivity index (χ0n) is 7.38. The van der Waals surface area contributed by atoms with Gasteiger partial charge in [0.15, 0.2) is 0 Å². The van der Waals surface area contributed by atoms with Gasteiger partial charge in [-0.15, -0.1) is 0 Å². The molecule has 0 unspecified atom stereocenters. The van der Waals surface area contributed by atoms with E-state index in [0.717, 1.165) is 0 Å². The number of ether oxygens (including phenoxy) is 1. The number of phenolic OH excluding ortho intramolecular Hbond substituents is 1. The first-order valence-electron chi connectivity index (χ1n) is 3.91. The lowest BCUT2D eigenvalue weighted by atomic mass is 10.2. The van der Waals surface area contributed by atoms with Crippen LogP contribution in [-0.4, -0.2) is 17.7 Å². The third kappa shape index (κ3) is 2.30. The van der Waals surface area contributed by atoms with Crippen LogP contribution in [0.25, 0.3) is 0 Å². The Bertz CT molecular complexity index is 340. The zero-order valence-corrected chi connectivity index (χ0v) is 8.89. The van der Waals surface area contributed by atoms with Gasteiger partial charge < -0.3 is 9.84 Å². The maximum absolute atomic E-state index is 11.3. The van der Waals surface area contributed by atoms with Crippen molar-refractivity contribution in [3.05, 3.63) is 27.7 Å². The molecule has 0 fully saturated rings. The Kier molecular flexibility index (Phi) is 3.61. The van der Waals surface area contributed by atoms with Crippen molar-refractivity contribution < 1.29 is 14.6 Å². The summed E-state index contributed by atoms with van der Waals surface area (Å²) >= 11 is 11.4. The van der Waals surface area contributed by atoms with Crippen molar-refractivity contribution in [2.24, 2.45) is 0 Å². The lowest BCUT2D eigenvalue weighted by Gasteiger charge is -2.06. The molecule has 0 aliphatic carbocycles. The van der Waals surface area contributed by atoms with Crippen molar-refractivity contribution in [3.63, 3.8) is 0 Å². The van der Waals surface area contributed by atoms with Gasteiger partial charge in [-0.3, -0.25) is 0 Å². The summed E-state index contributed by atoms with van der Waals surface area (Å²) in [6.07, 6.45) is 0. The van der Waals surface area contributed by atoms with Gasteiger partial charge >= 0.3 is 5.97 Å². The molecule has 0 radical (unpaired) electrons. The topological polar surface area (TPSA) is 46.5 Å². The number of phenols is 1. The fourth-order valence-electron chi connectivity index (χ4n) is 0.958. The van der Waals surface area contributed by atoms with Crippen LogP contribution in [-0.2, 0) is 4.74 Å². The van der Waals surface area contributed by atoms with Crippen molar-refractivity contribution in [2.45, 2.75) is 6.92 Å². The van der Waals surface area contributed by atoms with E-state index in [1.54, 1.807) is 6.92 Å². The number of aromatic hydroxyl groups is 1. The molecule has 5 heteroatoms. The van der Waals surface area contributed by atoms with E-state index in [1.165, 1.54) is 12.1 Å². The number of halogens is 2. The van der Waals surface area contributed by atoms with Gasteiger partial charge in [-0.25, -0.2) is 4.79 Å². The number of carbonyl (C=O) groups is 1. The second-order valence-electron chi connectivity index (χ2n) is 2.50. The number of hydrogen-bond acceptors (Lipinski definition) is 3. The average molecular weight is 235 g/mol. The molecule has 1 aromatic rings. The van der Waals surface area contributed by atoms with Crippen molar-refractivity contribution in [1.82, 2.24) is 0 Å². The van der Waals surface area contributed by atoms with Crippen molar-refractivity contribution in [3.8, 4) is 5.75 Å². The first kappa shape index (κ1) is 11.1. The van der Waals surface area contributed by atoms with E-state index in [0.29, 0.717) is 0 Å². The molecule has 0 saturated carbocycles. The minimum atomic E-state index is -0.595. The van der Waals surface area contributed by atoms with Crippen LogP contribution in [0, 0.1) is 0 Å². The van der Waals surface area contributed by atoms with Gasteiger partial charge in [-0.05, 0) is 19.1 Å². The Morgan fingerprint density at radius 3 is 2.36 bits per heavy atom. The Morgan fingerprint density at radius 1 is 1.43 bits per heavy atom. The molecular formula is C9H8Cl2O3. The molecule has 0 heterocycles. The molecule has 14 heavy (non-hydrogen) atoms. The molecule has 0 aliphatic heterocycles. The standard InChI is InChI=1S/C9H8Cl2O3/c1-2-14-9(13)8-6(10)3-5(12)4-7(8)11/h3-4,12H,2H2,1H3. The lowest BCUT2D eigenvalue weighted by molar-refractivity contribution is 0.0527. The number of carbonyl (C=O) groups excluding carboxylic acids is 1. The SMILES string of the molecule is CCOC(=O)c1c(Cl)cc(O)cc1Cl. The van der Waals surface area contributed by atoms with E-state index in [1.807, 2.05) is 0 Å². The third-order valence-electron chi connectivity index (χ3n) is 1.51. The van der Waals surface area contributed by atoms with E-state index >= 15 is 0 Å². The highest BCUT2D eigenvalue weighted by atomic mass is 35.5. The van der Waals surface area contributed by atoms with Crippen LogP contribution in [0.1, 0.15) is 17.3 Å². The molecule has 1 rings (SSSR count). The number of benzene rings is 1. The third-order valence-corrected chi connectivity index (χ3v) is 2.10. The van der Waals surface area contributed by atoms with Crippen LogP contribution < -0.4 is 0 Å². The Hall–Kier alpha value is -0.930. The van der Waals surface area contributed by atoms with Gasteiger partial charge in [0.25, 0.3) is 0 Å². The normalized spacial score (nSPS) is 9.93. The van der Waals surface area contributed by atoms with Gasteiger partial charge in [0.05, 0.1) is 22.2 Å². The predicted octanol–water partition coefficient (Wildman–Crippen LogP) is 2.88. The van der Waals surface area contributed by atoms with Gasteiger partial charge in [-0.1, -0.05) is 23.2 Å². The molecule has 0 bridgehead atoms. The number of rotatable bonds is 2. The van der Waals surface area contributed by atoms with Crippen molar-refractivity contribution >= 4 is 29.2 Å². The molecule has 0 aromatic heterocycles. The number of esters is 1. The first-order valence-corrected chi connectivity index (χ1v) is 4.67. The van der Waals surface area contributed by atoms with E-state index < -0.39 is 5.97 Å². The minimum Gasteiger partial charge on any atom is -0.508 e. The van der Waals surface area contributed by atoms with E-state index in [9.17, 15) is 4.79 Å². The maximum atomic E-state index is 11.3. The highest BCUT2D eigenvalue weighted by Crippen LogP contribution is 2.30. The molecule has 0 spiro atoms. The smallest absolute Gasteiger partial charge is 0.341 e. The van der Waals surface area contributed by atoms with Crippen LogP contribution in [0.4, 0.5) is 0 Å². The van der Waals surface area contributed by atoms with Crippen LogP contribution in [0.15, 0.2) is 12.1 Å². The molecule has 76 valence electrons. The summed E-state index contributed by atoms with van der Waals surface area (Å²) in [6.45, 7) is 1.92. The van der Waals surface area contributed by atoms with Gasteiger partial charge in [0, 0.05) is 0 Å². The average Bonchev–Trinajstić information content (AvgIpc) is 2.01. The summed E-state index contributed by atoms with van der Waals surface area (Å²) in [6, 6.07) is 2.47. The Morgan fingerprint density at radius 2 is 1.93 bits per heavy atom. The minimum absolute atomic E-state index is 0.0768. The summed E-state index contributed by atoms with van der Waals surface area (Å²) < 4.78 is 4.74. The lowest BCUT2D eigenvalue weighted by Crippen LogP contribution is -2.06. The summed E-state index contributed by atoms with van der Waals surface area (Å²) in [5.74, 6) is -0.685. The van der Waals surface area contributed by atoms with Crippen molar-refractivity contribution in [2.75, 3.05) is 6.61 Å². The van der Waals surface area contributed by atoms with E-state index in [-0.39, 0.29) is 28.0 Å². The molecule has 1 N–H and O–H groups in total. The number of hydrogen-bond donors (Lipinski definition) is 1. The molecule has 1 aromatic carbocycles. The van der Waals surface area contributed by atoms with Crippen molar-refractivity contribution in [1.29, 1.82) is 0 Å². The monoisotopic (exact) mass is 234 g/mol.